The van der Waals surface area contributed by atoms with E-state index in [-0.39, 0.29) is 0 Å². The van der Waals surface area contributed by atoms with Crippen LogP contribution < -0.4 is 0 Å². The Morgan fingerprint density at radius 1 is 0.451 bits per heavy atom. The molecule has 0 amide bonds. The van der Waals surface area contributed by atoms with Gasteiger partial charge in [-0.3, -0.25) is 0 Å². The Bertz CT molecular complexity index is 2940. The molecule has 1 aliphatic rings. The number of rotatable bonds is 4. The number of para-hydroxylation sites is 1. The van der Waals surface area contributed by atoms with Crippen LogP contribution in [0.5, 0.6) is 0 Å². The molecule has 0 unspecified atom stereocenters. The second-order valence-electron chi connectivity index (χ2n) is 13.4. The summed E-state index contributed by atoms with van der Waals surface area (Å²) in [5, 5.41) is 9.44. The third-order valence-corrected chi connectivity index (χ3v) is 10.3. The number of amidine groups is 1. The molecule has 0 saturated carbocycles. The number of nitrogens with zero attached hydrogens (tertiary/aromatic N) is 2. The fourth-order valence-corrected chi connectivity index (χ4v) is 7.83. The first-order valence-electron chi connectivity index (χ1n) is 17.5. The third-order valence-electron chi connectivity index (χ3n) is 10.3. The number of hydrogen-bond donors (Lipinski definition) is 0. The molecule has 0 spiro atoms. The molecule has 9 aromatic rings. The van der Waals surface area contributed by atoms with E-state index in [0.29, 0.717) is 12.3 Å². The zero-order valence-corrected chi connectivity index (χ0v) is 28.1. The van der Waals surface area contributed by atoms with E-state index < -0.39 is 0 Å². The molecule has 0 bridgehead atoms. The van der Waals surface area contributed by atoms with Crippen molar-refractivity contribution < 1.29 is 4.42 Å². The molecular weight excluding hydrogens is 621 g/mol. The molecule has 0 N–H and O–H groups in total. The van der Waals surface area contributed by atoms with Crippen LogP contribution in [0.4, 0.5) is 0 Å². The molecule has 2 heterocycles. The van der Waals surface area contributed by atoms with Crippen molar-refractivity contribution in [2.45, 2.75) is 13.3 Å². The third kappa shape index (κ3) is 4.89. The number of benzene rings is 8. The number of allylic oxidation sites excluding steroid dienone is 1. The van der Waals surface area contributed by atoms with Crippen LogP contribution in [-0.4, -0.2) is 11.5 Å². The summed E-state index contributed by atoms with van der Waals surface area (Å²) in [6.45, 7) is 2.20. The lowest BCUT2D eigenvalue weighted by Crippen LogP contribution is -2.06. The van der Waals surface area contributed by atoms with Crippen molar-refractivity contribution in [3.8, 4) is 11.1 Å². The van der Waals surface area contributed by atoms with Gasteiger partial charge in [0.25, 0.3) is 0 Å². The topological polar surface area (TPSA) is 37.9 Å². The summed E-state index contributed by atoms with van der Waals surface area (Å²) in [4.78, 5) is 10.9. The first kappa shape index (κ1) is 29.3. The quantitative estimate of drug-likeness (QED) is 0.174. The van der Waals surface area contributed by atoms with Crippen LogP contribution in [0.3, 0.4) is 0 Å². The van der Waals surface area contributed by atoms with Gasteiger partial charge in [-0.2, -0.15) is 0 Å². The zero-order valence-electron chi connectivity index (χ0n) is 28.1. The monoisotopic (exact) mass is 652 g/mol. The summed E-state index contributed by atoms with van der Waals surface area (Å²) < 4.78 is 6.29. The Kier molecular flexibility index (Phi) is 6.78. The van der Waals surface area contributed by atoms with Gasteiger partial charge in [0.2, 0.25) is 0 Å². The maximum atomic E-state index is 6.29. The van der Waals surface area contributed by atoms with Crippen LogP contribution in [0, 0.1) is 0 Å². The molecule has 10 rings (SSSR count). The highest BCUT2D eigenvalue weighted by Crippen LogP contribution is 2.41. The summed E-state index contributed by atoms with van der Waals surface area (Å²) in [6, 6.07) is 58.0. The molecule has 0 atom stereocenters. The molecule has 51 heavy (non-hydrogen) atoms. The maximum Gasteiger partial charge on any atom is 0.160 e. The van der Waals surface area contributed by atoms with Gasteiger partial charge in [0.15, 0.2) is 5.84 Å². The Hall–Kier alpha value is -6.58. The van der Waals surface area contributed by atoms with E-state index in [4.69, 9.17) is 14.4 Å². The van der Waals surface area contributed by atoms with Gasteiger partial charge in [-0.1, -0.05) is 140 Å². The summed E-state index contributed by atoms with van der Waals surface area (Å²) >= 11 is 0. The van der Waals surface area contributed by atoms with Crippen LogP contribution in [0.25, 0.3) is 71.1 Å². The van der Waals surface area contributed by atoms with Gasteiger partial charge in [0.05, 0.1) is 11.4 Å². The molecule has 3 nitrogen and oxygen atoms in total. The minimum absolute atomic E-state index is 0.700. The molecule has 0 fully saturated rings. The smallest absolute Gasteiger partial charge is 0.160 e. The second kappa shape index (κ2) is 11.8. The van der Waals surface area contributed by atoms with Crippen molar-refractivity contribution in [2.75, 3.05) is 0 Å². The van der Waals surface area contributed by atoms with E-state index in [1.165, 1.54) is 27.1 Å². The van der Waals surface area contributed by atoms with Crippen LogP contribution in [0.1, 0.15) is 30.0 Å². The Labute approximate surface area is 295 Å². The predicted molar refractivity (Wildman–Crippen MR) is 215 cm³/mol. The number of aliphatic imine (C=N–C) groups is 2. The maximum absolute atomic E-state index is 6.29. The predicted octanol–water partition coefficient (Wildman–Crippen LogP) is 12.8. The Morgan fingerprint density at radius 2 is 1.10 bits per heavy atom. The second-order valence-corrected chi connectivity index (χ2v) is 13.4. The Balaban J connectivity index is 1.20. The van der Waals surface area contributed by atoms with Gasteiger partial charge in [0, 0.05) is 28.3 Å². The average Bonchev–Trinajstić information content (AvgIpc) is 3.48. The molecule has 1 aromatic heterocycles. The molecule has 0 radical (unpaired) electrons. The first-order valence-corrected chi connectivity index (χ1v) is 17.5. The van der Waals surface area contributed by atoms with Crippen molar-refractivity contribution in [1.82, 2.24) is 0 Å². The van der Waals surface area contributed by atoms with E-state index >= 15 is 0 Å². The summed E-state index contributed by atoms with van der Waals surface area (Å²) in [5.41, 5.74) is 10.5. The van der Waals surface area contributed by atoms with Gasteiger partial charge >= 0.3 is 0 Å². The van der Waals surface area contributed by atoms with Crippen molar-refractivity contribution in [3.63, 3.8) is 0 Å². The van der Waals surface area contributed by atoms with Crippen LogP contribution >= 0.6 is 0 Å². The summed E-state index contributed by atoms with van der Waals surface area (Å²) in [7, 11) is 0. The van der Waals surface area contributed by atoms with E-state index in [1.807, 2.05) is 12.1 Å². The van der Waals surface area contributed by atoms with Gasteiger partial charge in [-0.15, -0.1) is 0 Å². The number of hydrogen-bond acceptors (Lipinski definition) is 3. The highest BCUT2D eigenvalue weighted by Gasteiger charge is 2.21. The Morgan fingerprint density at radius 3 is 1.94 bits per heavy atom. The van der Waals surface area contributed by atoms with Gasteiger partial charge in [0.1, 0.15) is 11.2 Å². The molecule has 0 aliphatic carbocycles. The van der Waals surface area contributed by atoms with Crippen molar-refractivity contribution in [1.29, 1.82) is 0 Å². The van der Waals surface area contributed by atoms with Crippen molar-refractivity contribution in [2.24, 2.45) is 9.98 Å². The van der Waals surface area contributed by atoms with Crippen LogP contribution in [0.15, 0.2) is 184 Å². The largest absolute Gasteiger partial charge is 0.456 e. The van der Waals surface area contributed by atoms with E-state index in [9.17, 15) is 0 Å². The minimum Gasteiger partial charge on any atom is -0.456 e. The summed E-state index contributed by atoms with van der Waals surface area (Å²) in [5.74, 6) is 0.716. The van der Waals surface area contributed by atoms with Crippen molar-refractivity contribution >= 4 is 71.5 Å². The van der Waals surface area contributed by atoms with Gasteiger partial charge in [-0.25, -0.2) is 9.98 Å². The van der Waals surface area contributed by atoms with Crippen molar-refractivity contribution in [3.05, 3.63) is 186 Å². The minimum atomic E-state index is 0.700. The lowest BCUT2D eigenvalue weighted by Gasteiger charge is -2.14. The lowest BCUT2D eigenvalue weighted by molar-refractivity contribution is 0.669. The molecule has 1 aliphatic heterocycles. The zero-order chi connectivity index (χ0) is 33.9. The molecule has 240 valence electrons. The lowest BCUT2D eigenvalue weighted by atomic mass is 9.92. The standard InChI is InChI=1S/C48H32N2O/c1-30-28-43(33-13-3-2-4-14-33)49-48(50-47(30)34-25-24-32-23-22-31-12-5-6-15-35(31)42(32)29-34)40-27-26-38(36-16-7-8-17-37(36)40)39-19-11-21-45-46(39)41-18-9-10-20-44(41)51-45/h2-27,29H,28H2,1H3. The number of fused-ring (bicyclic) bond motifs is 7. The fraction of sp³-hybridized carbons (Fsp3) is 0.0417. The van der Waals surface area contributed by atoms with Crippen LogP contribution in [0.2, 0.25) is 0 Å². The molecule has 3 heteroatoms. The highest BCUT2D eigenvalue weighted by molar-refractivity contribution is 6.22. The molecule has 0 saturated heterocycles. The first-order chi connectivity index (χ1) is 25.2. The van der Waals surface area contributed by atoms with E-state index in [2.05, 4.69) is 159 Å². The molecular formula is C48H32N2O. The average molecular weight is 653 g/mol. The molecule has 8 aromatic carbocycles. The van der Waals surface area contributed by atoms with Gasteiger partial charge in [-0.05, 0) is 85.8 Å². The highest BCUT2D eigenvalue weighted by atomic mass is 16.3. The van der Waals surface area contributed by atoms with E-state index in [1.54, 1.807) is 0 Å². The normalized spacial score (nSPS) is 13.7. The SMILES string of the molecule is CC1=C(c2ccc3ccc4ccccc4c3c2)N=C(c2ccc(-c3cccc4oc5ccccc5c34)c3ccccc23)N=C(c2ccccc2)C1. The number of furan rings is 1. The van der Waals surface area contributed by atoms with Gasteiger partial charge < -0.3 is 4.42 Å². The summed E-state index contributed by atoms with van der Waals surface area (Å²) in [6.07, 6.45) is 0.700. The van der Waals surface area contributed by atoms with Crippen LogP contribution in [-0.2, 0) is 0 Å². The van der Waals surface area contributed by atoms with E-state index in [0.717, 1.165) is 71.9 Å². The fourth-order valence-electron chi connectivity index (χ4n) is 7.83.